The Balaban J connectivity index is 2.08. The van der Waals surface area contributed by atoms with Crippen LogP contribution in [-0.2, 0) is 23.9 Å². The zero-order valence-electron chi connectivity index (χ0n) is 21.4. The van der Waals surface area contributed by atoms with Gasteiger partial charge in [-0.1, -0.05) is 26.3 Å². The normalized spacial score (nSPS) is 34.8. The molecule has 2 amide bonds. The molecule has 3 aliphatic heterocycles. The van der Waals surface area contributed by atoms with Crippen molar-refractivity contribution in [3.8, 4) is 0 Å². The van der Waals surface area contributed by atoms with Crippen LogP contribution in [0.1, 0.15) is 66.7 Å². The summed E-state index contributed by atoms with van der Waals surface area (Å²) in [7, 11) is 0. The number of unbranched alkanes of at least 4 members (excludes halogenated alkanes) is 1. The fourth-order valence-electron chi connectivity index (χ4n) is 6.60. The van der Waals surface area contributed by atoms with Crippen molar-refractivity contribution in [2.24, 2.45) is 17.8 Å². The number of aliphatic hydroxyl groups excluding tert-OH is 1. The summed E-state index contributed by atoms with van der Waals surface area (Å²) in [6.07, 6.45) is 5.11. The number of rotatable bonds is 12. The number of hydrogen-bond donors (Lipinski definition) is 1. The van der Waals surface area contributed by atoms with E-state index in [0.717, 1.165) is 12.8 Å². The molecule has 3 aliphatic rings. The molecule has 3 rings (SSSR count). The third-order valence-electron chi connectivity index (χ3n) is 8.24. The minimum atomic E-state index is -1.07. The Morgan fingerprint density at radius 3 is 2.68 bits per heavy atom. The third kappa shape index (κ3) is 4.06. The van der Waals surface area contributed by atoms with Gasteiger partial charge in [0.05, 0.1) is 18.1 Å². The van der Waals surface area contributed by atoms with E-state index in [1.807, 2.05) is 20.8 Å². The number of fused-ring (bicyclic) bond motifs is 1. The van der Waals surface area contributed by atoms with E-state index >= 15 is 0 Å². The lowest BCUT2D eigenvalue weighted by atomic mass is 9.62. The van der Waals surface area contributed by atoms with Crippen LogP contribution in [0.25, 0.3) is 0 Å². The van der Waals surface area contributed by atoms with Crippen LogP contribution in [0.15, 0.2) is 12.7 Å². The Morgan fingerprint density at radius 2 is 2.09 bits per heavy atom. The highest BCUT2D eigenvalue weighted by Crippen LogP contribution is 2.65. The first-order valence-electron chi connectivity index (χ1n) is 12.8. The van der Waals surface area contributed by atoms with Gasteiger partial charge in [-0.15, -0.1) is 6.58 Å². The average molecular weight is 479 g/mol. The highest BCUT2D eigenvalue weighted by molar-refractivity contribution is 5.98. The predicted molar refractivity (Wildman–Crippen MR) is 128 cm³/mol. The largest absolute Gasteiger partial charge is 0.466 e. The van der Waals surface area contributed by atoms with Gasteiger partial charge >= 0.3 is 5.97 Å². The maximum atomic E-state index is 14.2. The monoisotopic (exact) mass is 478 g/mol. The molecule has 3 heterocycles. The van der Waals surface area contributed by atoms with Crippen LogP contribution < -0.4 is 0 Å². The second-order valence-corrected chi connectivity index (χ2v) is 10.3. The van der Waals surface area contributed by atoms with Crippen molar-refractivity contribution in [1.82, 2.24) is 9.80 Å². The molecule has 3 saturated heterocycles. The Labute approximate surface area is 203 Å². The Bertz CT molecular complexity index is 802. The minimum absolute atomic E-state index is 0.0143. The number of likely N-dealkylation sites (tertiary alicyclic amines) is 1. The molecule has 0 aromatic rings. The fourth-order valence-corrected chi connectivity index (χ4v) is 6.60. The number of hydrogen-bond acceptors (Lipinski definition) is 6. The van der Waals surface area contributed by atoms with Gasteiger partial charge < -0.3 is 24.4 Å². The van der Waals surface area contributed by atoms with Crippen LogP contribution in [0.3, 0.4) is 0 Å². The lowest BCUT2D eigenvalue weighted by Crippen LogP contribution is -2.58. The van der Waals surface area contributed by atoms with Gasteiger partial charge in [0.15, 0.2) is 0 Å². The van der Waals surface area contributed by atoms with E-state index in [1.165, 1.54) is 0 Å². The molecule has 0 saturated carbocycles. The van der Waals surface area contributed by atoms with Crippen LogP contribution in [-0.4, -0.2) is 82.3 Å². The van der Waals surface area contributed by atoms with E-state index in [4.69, 9.17) is 9.47 Å². The Morgan fingerprint density at radius 1 is 1.38 bits per heavy atom. The molecule has 4 unspecified atom stereocenters. The summed E-state index contributed by atoms with van der Waals surface area (Å²) in [4.78, 5) is 44.7. The smallest absolute Gasteiger partial charge is 0.312 e. The average Bonchev–Trinajstić information content (AvgIpc) is 3.29. The van der Waals surface area contributed by atoms with Gasteiger partial charge in [0.25, 0.3) is 0 Å². The van der Waals surface area contributed by atoms with E-state index in [2.05, 4.69) is 13.5 Å². The highest BCUT2D eigenvalue weighted by Gasteiger charge is 2.80. The molecule has 0 aromatic heterocycles. The number of carbonyl (C=O) groups excluding carboxylic acids is 3. The number of esters is 1. The Hall–Kier alpha value is -1.93. The van der Waals surface area contributed by atoms with Crippen LogP contribution >= 0.6 is 0 Å². The van der Waals surface area contributed by atoms with Crippen molar-refractivity contribution in [2.75, 3.05) is 26.3 Å². The van der Waals surface area contributed by atoms with E-state index in [1.54, 1.807) is 22.8 Å². The second-order valence-electron chi connectivity index (χ2n) is 10.3. The zero-order valence-corrected chi connectivity index (χ0v) is 21.4. The van der Waals surface area contributed by atoms with E-state index in [9.17, 15) is 19.5 Å². The number of ether oxygens (including phenoxy) is 2. The van der Waals surface area contributed by atoms with Crippen molar-refractivity contribution in [3.63, 3.8) is 0 Å². The molecule has 8 nitrogen and oxygen atoms in total. The SMILES string of the molecule is C=CCN(C(=O)C1N(CCCCO)C(=O)[C@@H]2[C@@H](C(=O)OCC)[C@]3(C)OC12CC3C)C(C)CCC. The number of nitrogens with zero attached hydrogens (tertiary/aromatic N) is 2. The molecule has 0 aliphatic carbocycles. The van der Waals surface area contributed by atoms with Crippen LogP contribution in [0.2, 0.25) is 0 Å². The Kier molecular flexibility index (Phi) is 8.13. The number of amides is 2. The fraction of sp³-hybridized carbons (Fsp3) is 0.808. The van der Waals surface area contributed by atoms with Gasteiger partial charge in [-0.25, -0.2) is 0 Å². The second kappa shape index (κ2) is 10.4. The van der Waals surface area contributed by atoms with Crippen LogP contribution in [0.4, 0.5) is 0 Å². The summed E-state index contributed by atoms with van der Waals surface area (Å²) in [5, 5.41) is 9.30. The standard InChI is InChI=1S/C26H42N2O6/c1-7-12-18(5)27(13-8-2)23(31)21-26-16-17(4)25(6,34-26)20(24(32)33-9-3)19(26)22(30)28(21)14-10-11-15-29/h8,17-21,29H,2,7,9-16H2,1,3-6H3/t17?,18?,19-,20-,21?,25+,26?/m0/s1. The molecule has 1 N–H and O–H groups in total. The van der Waals surface area contributed by atoms with Crippen molar-refractivity contribution >= 4 is 17.8 Å². The van der Waals surface area contributed by atoms with Gasteiger partial charge in [-0.3, -0.25) is 14.4 Å². The first kappa shape index (κ1) is 26.7. The summed E-state index contributed by atoms with van der Waals surface area (Å²) < 4.78 is 12.1. The first-order valence-corrected chi connectivity index (χ1v) is 12.8. The molecule has 192 valence electrons. The summed E-state index contributed by atoms with van der Waals surface area (Å²) in [5.74, 6) is -2.30. The van der Waals surface area contributed by atoms with E-state index in [0.29, 0.717) is 32.4 Å². The zero-order chi connectivity index (χ0) is 25.3. The summed E-state index contributed by atoms with van der Waals surface area (Å²) >= 11 is 0. The van der Waals surface area contributed by atoms with Gasteiger partial charge in [-0.2, -0.15) is 0 Å². The molecule has 2 bridgehead atoms. The molecule has 0 radical (unpaired) electrons. The molecule has 3 fully saturated rings. The topological polar surface area (TPSA) is 96.4 Å². The predicted octanol–water partition coefficient (Wildman–Crippen LogP) is 2.54. The van der Waals surface area contributed by atoms with Gasteiger partial charge in [0.2, 0.25) is 11.8 Å². The van der Waals surface area contributed by atoms with Gasteiger partial charge in [-0.05, 0) is 52.4 Å². The van der Waals surface area contributed by atoms with Crippen molar-refractivity contribution < 1.29 is 29.0 Å². The van der Waals surface area contributed by atoms with Crippen LogP contribution in [0, 0.1) is 17.8 Å². The highest BCUT2D eigenvalue weighted by atomic mass is 16.6. The molecule has 34 heavy (non-hydrogen) atoms. The molecule has 8 heteroatoms. The summed E-state index contributed by atoms with van der Waals surface area (Å²) in [6.45, 7) is 14.6. The first-order chi connectivity index (χ1) is 16.1. The molecule has 0 aromatic carbocycles. The molecular formula is C26H42N2O6. The summed E-state index contributed by atoms with van der Waals surface area (Å²) in [5.41, 5.74) is -1.93. The molecule has 7 atom stereocenters. The maximum absolute atomic E-state index is 14.2. The summed E-state index contributed by atoms with van der Waals surface area (Å²) in [6, 6.07) is -0.834. The van der Waals surface area contributed by atoms with Crippen LogP contribution in [0.5, 0.6) is 0 Å². The van der Waals surface area contributed by atoms with Gasteiger partial charge in [0, 0.05) is 25.7 Å². The maximum Gasteiger partial charge on any atom is 0.312 e. The van der Waals surface area contributed by atoms with Crippen molar-refractivity contribution in [3.05, 3.63) is 12.7 Å². The quantitative estimate of drug-likeness (QED) is 0.263. The number of carbonyl (C=O) groups is 3. The minimum Gasteiger partial charge on any atom is -0.466 e. The third-order valence-corrected chi connectivity index (χ3v) is 8.24. The van der Waals surface area contributed by atoms with Crippen molar-refractivity contribution in [2.45, 2.75) is 90.0 Å². The van der Waals surface area contributed by atoms with Gasteiger partial charge in [0.1, 0.15) is 17.6 Å². The lowest BCUT2D eigenvalue weighted by Gasteiger charge is -2.39. The van der Waals surface area contributed by atoms with E-state index in [-0.39, 0.29) is 37.0 Å². The van der Waals surface area contributed by atoms with Crippen molar-refractivity contribution in [1.29, 1.82) is 0 Å². The molecular weight excluding hydrogens is 436 g/mol. The van der Waals surface area contributed by atoms with E-state index < -0.39 is 35.0 Å². The molecule has 1 spiro atoms. The lowest BCUT2D eigenvalue weighted by molar-refractivity contribution is -0.162. The number of aliphatic hydroxyl groups is 1.